The summed E-state index contributed by atoms with van der Waals surface area (Å²) in [4.78, 5) is 5.06. The third-order valence-electron chi connectivity index (χ3n) is 14.8. The molecule has 5 aromatic heterocycles. The van der Waals surface area contributed by atoms with Crippen molar-refractivity contribution < 1.29 is 79.0 Å². The third-order valence-corrected chi connectivity index (χ3v) is 16.0. The van der Waals surface area contributed by atoms with Crippen LogP contribution in [0.5, 0.6) is 0 Å². The molecule has 0 aliphatic rings. The van der Waals surface area contributed by atoms with E-state index in [4.69, 9.17) is 4.98 Å². The van der Waals surface area contributed by atoms with E-state index in [1.165, 1.54) is 23.5 Å². The summed E-state index contributed by atoms with van der Waals surface area (Å²) in [5.41, 5.74) is -16.1. The van der Waals surface area contributed by atoms with Gasteiger partial charge in [0.05, 0.1) is 77.9 Å². The van der Waals surface area contributed by atoms with Gasteiger partial charge in [0, 0.05) is 58.1 Å². The van der Waals surface area contributed by atoms with Crippen molar-refractivity contribution in [3.63, 3.8) is 0 Å². The fraction of sp³-hybridized carbons (Fsp3) is 0.100. The first-order valence-corrected chi connectivity index (χ1v) is 25.3. The zero-order valence-electron chi connectivity index (χ0n) is 41.4. The molecule has 13 aromatic rings. The fourth-order valence-corrected chi connectivity index (χ4v) is 12.4. The number of nitrogens with zero attached hydrogens (tertiary/aromatic N) is 5. The Morgan fingerprint density at radius 1 is 0.345 bits per heavy atom. The summed E-state index contributed by atoms with van der Waals surface area (Å²) < 4.78 is 274. The number of thiophene rings is 1. The van der Waals surface area contributed by atoms with E-state index in [0.29, 0.717) is 96.7 Å². The topological polar surface area (TPSA) is 51.5 Å². The van der Waals surface area contributed by atoms with Crippen LogP contribution >= 0.6 is 11.3 Å². The summed E-state index contributed by atoms with van der Waals surface area (Å²) in [5.74, 6) is -0.957. The van der Waals surface area contributed by atoms with Gasteiger partial charge < -0.3 is 9.13 Å². The molecule has 84 heavy (non-hydrogen) atoms. The lowest BCUT2D eigenvalue weighted by molar-refractivity contribution is -0.138. The van der Waals surface area contributed by atoms with Crippen molar-refractivity contribution >= 4 is 96.9 Å². The minimum absolute atomic E-state index is 0.119. The first-order valence-electron chi connectivity index (χ1n) is 24.5. The van der Waals surface area contributed by atoms with Gasteiger partial charge in [-0.25, -0.2) is 4.98 Å². The Kier molecular flexibility index (Phi) is 11.5. The van der Waals surface area contributed by atoms with Gasteiger partial charge in [-0.2, -0.15) is 84.3 Å². The summed E-state index contributed by atoms with van der Waals surface area (Å²) in [7, 11) is 0. The average molecular weight is 1190 g/mol. The molecule has 0 unspecified atom stereocenters. The quantitative estimate of drug-likeness (QED) is 0.165. The maximum absolute atomic E-state index is 15.1. The Hall–Kier alpha value is -9.24. The Labute approximate surface area is 460 Å². The zero-order chi connectivity index (χ0) is 59.7. The van der Waals surface area contributed by atoms with Crippen LogP contribution < -0.4 is 0 Å². The molecule has 0 fully saturated rings. The molecule has 5 heterocycles. The third kappa shape index (κ3) is 8.36. The number of aromatic nitrogens is 4. The Morgan fingerprint density at radius 3 is 1.01 bits per heavy atom. The number of nitriles is 1. The molecule has 5 nitrogen and oxygen atoms in total. The first-order chi connectivity index (χ1) is 39.4. The molecule has 0 atom stereocenters. The maximum atomic E-state index is 15.1. The lowest BCUT2D eigenvalue weighted by atomic mass is 9.98. The lowest BCUT2D eigenvalue weighted by Gasteiger charge is -2.24. The summed E-state index contributed by atoms with van der Waals surface area (Å²) in [6, 6.07) is 24.6. The second kappa shape index (κ2) is 17.9. The smallest absolute Gasteiger partial charge is 0.306 e. The van der Waals surface area contributed by atoms with E-state index >= 15 is 79.0 Å². The van der Waals surface area contributed by atoms with E-state index in [1.54, 1.807) is 30.3 Å². The van der Waals surface area contributed by atoms with Gasteiger partial charge >= 0.3 is 37.1 Å². The molecule has 0 aliphatic heterocycles. The number of hydrogen-bond acceptors (Lipinski definition) is 3. The van der Waals surface area contributed by atoms with Crippen molar-refractivity contribution in [2.75, 3.05) is 0 Å². The van der Waals surface area contributed by atoms with Crippen molar-refractivity contribution in [1.82, 2.24) is 18.7 Å². The highest BCUT2D eigenvalue weighted by Gasteiger charge is 2.40. The molecule has 0 aliphatic carbocycles. The van der Waals surface area contributed by atoms with Gasteiger partial charge in [0.2, 0.25) is 0 Å². The van der Waals surface area contributed by atoms with Crippen LogP contribution in [-0.4, -0.2) is 18.7 Å². The van der Waals surface area contributed by atoms with E-state index in [2.05, 4.69) is 0 Å². The number of benzene rings is 8. The van der Waals surface area contributed by atoms with Crippen LogP contribution in [0.1, 0.15) is 38.9 Å². The maximum Gasteiger partial charge on any atom is 0.416 e. The van der Waals surface area contributed by atoms with Crippen molar-refractivity contribution in [2.45, 2.75) is 37.1 Å². The molecule has 0 N–H and O–H groups in total. The molecule has 0 amide bonds. The second-order valence-corrected chi connectivity index (χ2v) is 20.7. The molecular formula is C60H25F18N5S. The van der Waals surface area contributed by atoms with E-state index in [0.717, 1.165) is 41.0 Å². The summed E-state index contributed by atoms with van der Waals surface area (Å²) in [5, 5.41) is 11.3. The highest BCUT2D eigenvalue weighted by molar-refractivity contribution is 7.25. The molecule has 0 saturated carbocycles. The van der Waals surface area contributed by atoms with Crippen molar-refractivity contribution in [2.24, 2.45) is 0 Å². The number of hydrogen-bond donors (Lipinski definition) is 0. The molecule has 0 bridgehead atoms. The largest absolute Gasteiger partial charge is 0.416 e. The lowest BCUT2D eigenvalue weighted by Crippen LogP contribution is -2.15. The Bertz CT molecular complexity index is 4800. The number of pyridine rings is 1. The van der Waals surface area contributed by atoms with Crippen molar-refractivity contribution in [3.05, 3.63) is 191 Å². The molecule has 0 saturated heterocycles. The van der Waals surface area contributed by atoms with E-state index in [9.17, 15) is 5.26 Å². The minimum Gasteiger partial charge on any atom is -0.306 e. The number of fused-ring (bicyclic) bond motifs is 12. The molecular weight excluding hydrogens is 1160 g/mol. The Balaban J connectivity index is 1.38. The van der Waals surface area contributed by atoms with Gasteiger partial charge in [-0.15, -0.1) is 11.3 Å². The van der Waals surface area contributed by atoms with Crippen LogP contribution in [0.2, 0.25) is 0 Å². The van der Waals surface area contributed by atoms with E-state index in [1.807, 2.05) is 6.07 Å². The van der Waals surface area contributed by atoms with E-state index < -0.39 is 132 Å². The van der Waals surface area contributed by atoms with Crippen molar-refractivity contribution in [1.29, 1.82) is 5.26 Å². The molecule has 0 spiro atoms. The van der Waals surface area contributed by atoms with Crippen LogP contribution in [0.3, 0.4) is 0 Å². The van der Waals surface area contributed by atoms with Gasteiger partial charge in [0.25, 0.3) is 0 Å². The van der Waals surface area contributed by atoms with Crippen LogP contribution in [0, 0.1) is 11.3 Å². The second-order valence-electron chi connectivity index (χ2n) is 19.6. The Morgan fingerprint density at radius 2 is 0.667 bits per heavy atom. The highest BCUT2D eigenvalue weighted by Crippen LogP contribution is 2.51. The van der Waals surface area contributed by atoms with E-state index in [-0.39, 0.29) is 43.3 Å². The molecule has 8 aromatic carbocycles. The van der Waals surface area contributed by atoms with Gasteiger partial charge in [0.15, 0.2) is 5.82 Å². The van der Waals surface area contributed by atoms with Crippen molar-refractivity contribution in [3.8, 4) is 34.5 Å². The molecule has 13 rings (SSSR count). The standard InChI is InChI=1S/C60H25F18N5S/c61-55(62,63)27-8-14-33-34-15-9-28(56(64,65)66)21-43(34)81(42(33)20-27)52-41(26-79)53(82-44-22-29(57(67,68)69)10-16-35(44)36-17-11-30(23-45(36)82)58(70,71)72)54(80-51(52)40-5-3-7-49-50(40)39-4-1-2-6-48(39)84-49)83-46-24-31(59(73,74)75)12-18-37(46)38-19-13-32(25-47(38)83)60(76,77)78/h1-25H. The highest BCUT2D eigenvalue weighted by atomic mass is 32.1. The molecule has 24 heteroatoms. The number of halogens is 18. The fourth-order valence-electron chi connectivity index (χ4n) is 11.2. The van der Waals surface area contributed by atoms with Gasteiger partial charge in [-0.1, -0.05) is 66.7 Å². The zero-order valence-corrected chi connectivity index (χ0v) is 42.2. The number of rotatable bonds is 4. The minimum atomic E-state index is -5.26. The number of alkyl halides is 18. The summed E-state index contributed by atoms with van der Waals surface area (Å²) >= 11 is 1.17. The van der Waals surface area contributed by atoms with Gasteiger partial charge in [-0.3, -0.25) is 4.57 Å². The van der Waals surface area contributed by atoms with Crippen LogP contribution in [0.25, 0.3) is 114 Å². The summed E-state index contributed by atoms with van der Waals surface area (Å²) in [6.45, 7) is 0. The first kappa shape index (κ1) is 54.0. The SMILES string of the molecule is N#Cc1c(-n2c3cc(C(F)(F)F)ccc3c3ccc(C(F)(F)F)cc32)c(-c2cccc3sc4ccccc4c23)nc(-n2c3cc(C(F)(F)F)ccc3c3ccc(C(F)(F)F)cc32)c1-n1c2cc(C(F)(F)F)ccc2c2ccc(C(F)(F)F)cc21. The predicted octanol–water partition coefficient (Wildman–Crippen LogP) is 20.4. The predicted molar refractivity (Wildman–Crippen MR) is 280 cm³/mol. The van der Waals surface area contributed by atoms with Gasteiger partial charge in [-0.05, 0) is 84.9 Å². The van der Waals surface area contributed by atoms with Crippen LogP contribution in [0.4, 0.5) is 79.0 Å². The monoisotopic (exact) mass is 1190 g/mol. The van der Waals surface area contributed by atoms with Gasteiger partial charge in [0.1, 0.15) is 17.3 Å². The van der Waals surface area contributed by atoms with Crippen LogP contribution in [-0.2, 0) is 37.1 Å². The molecule has 0 radical (unpaired) electrons. The molecule has 422 valence electrons. The van der Waals surface area contributed by atoms with Crippen LogP contribution in [0.15, 0.2) is 152 Å². The summed E-state index contributed by atoms with van der Waals surface area (Å²) in [6.07, 6.45) is -31.3. The normalized spacial score (nSPS) is 13.3. The average Bonchev–Trinajstić information content (AvgIpc) is 1.67.